The molecule has 0 bridgehead atoms. The summed E-state index contributed by atoms with van der Waals surface area (Å²) in [5.74, 6) is -0.245. The number of hydrogen-bond donors (Lipinski definition) is 9. The molecule has 0 aromatic rings. The molecule has 2 fully saturated rings. The zero-order chi connectivity index (χ0) is 64.5. The third-order valence-corrected chi connectivity index (χ3v) is 17.6. The summed E-state index contributed by atoms with van der Waals surface area (Å²) in [6.45, 7) is 2.69. The molecule has 89 heavy (non-hydrogen) atoms. The Morgan fingerprint density at radius 1 is 0.416 bits per heavy atom. The van der Waals surface area contributed by atoms with Crippen LogP contribution in [-0.4, -0.2) is 140 Å². The summed E-state index contributed by atoms with van der Waals surface area (Å²) in [6, 6.07) is -0.932. The van der Waals surface area contributed by atoms with E-state index in [2.05, 4.69) is 79.9 Å². The summed E-state index contributed by atoms with van der Waals surface area (Å²) in [5, 5.41) is 87.3. The van der Waals surface area contributed by atoms with E-state index in [0.29, 0.717) is 12.8 Å². The number of rotatable bonds is 60. The van der Waals surface area contributed by atoms with E-state index in [4.69, 9.17) is 18.9 Å². The predicted molar refractivity (Wildman–Crippen MR) is 364 cm³/mol. The summed E-state index contributed by atoms with van der Waals surface area (Å²) in [4.78, 5) is 13.3. The highest BCUT2D eigenvalue weighted by molar-refractivity contribution is 5.76. The standard InChI is InChI=1S/C75H135NO13/c1-3-5-7-9-11-13-15-17-19-21-22-23-24-25-26-27-28-29-30-31-32-33-34-35-36-37-38-39-40-41-42-43-45-47-49-51-53-55-57-59-67(80)76-63(64(79)58-56-54-52-50-48-46-44-20-18-16-14-12-10-8-6-4-2)62-86-74-72(85)70(83)73(66(61-78)88-74)89-75-71(84)69(82)68(81)65(60-77)87-75/h5,7,11,13,17,19,22-23,48,50,56,58,63-66,68-75,77-79,81-85H,3-4,6,8-10,12,14-16,18,20-21,24-47,49,51-55,57,59-62H2,1-2H3,(H,76,80)/b7-5-,13-11-,19-17-,23-22-,50-48+,58-56+. The Hall–Kier alpha value is -2.57. The summed E-state index contributed by atoms with van der Waals surface area (Å²) >= 11 is 0. The van der Waals surface area contributed by atoms with Gasteiger partial charge in [-0.05, 0) is 70.6 Å². The molecule has 12 unspecified atom stereocenters. The fourth-order valence-electron chi connectivity index (χ4n) is 11.8. The van der Waals surface area contributed by atoms with Crippen molar-refractivity contribution in [1.82, 2.24) is 5.32 Å². The molecule has 0 aliphatic carbocycles. The molecule has 14 nitrogen and oxygen atoms in total. The summed E-state index contributed by atoms with van der Waals surface area (Å²) < 4.78 is 22.8. The van der Waals surface area contributed by atoms with Crippen LogP contribution in [0.25, 0.3) is 0 Å². The molecule has 0 aromatic heterocycles. The molecule has 2 aliphatic rings. The van der Waals surface area contributed by atoms with Crippen LogP contribution >= 0.6 is 0 Å². The van der Waals surface area contributed by atoms with Crippen molar-refractivity contribution in [3.05, 3.63) is 72.9 Å². The van der Waals surface area contributed by atoms with Crippen LogP contribution in [0.15, 0.2) is 72.9 Å². The summed E-state index contributed by atoms with van der Waals surface area (Å²) in [6.07, 6.45) is 64.2. The molecular formula is C75H135NO13. The van der Waals surface area contributed by atoms with Crippen molar-refractivity contribution in [2.75, 3.05) is 19.8 Å². The van der Waals surface area contributed by atoms with E-state index < -0.39 is 86.8 Å². The van der Waals surface area contributed by atoms with E-state index in [0.717, 1.165) is 57.8 Å². The molecule has 2 aliphatic heterocycles. The fraction of sp³-hybridized carbons (Fsp3) is 0.827. The van der Waals surface area contributed by atoms with Crippen molar-refractivity contribution in [3.8, 4) is 0 Å². The minimum Gasteiger partial charge on any atom is -0.394 e. The van der Waals surface area contributed by atoms with Crippen LogP contribution < -0.4 is 5.32 Å². The van der Waals surface area contributed by atoms with Gasteiger partial charge in [-0.15, -0.1) is 0 Å². The van der Waals surface area contributed by atoms with Gasteiger partial charge >= 0.3 is 0 Å². The normalized spacial score (nSPS) is 23.4. The molecule has 2 saturated heterocycles. The Bertz CT molecular complexity index is 1770. The van der Waals surface area contributed by atoms with Gasteiger partial charge in [0.05, 0.1) is 32.0 Å². The van der Waals surface area contributed by atoms with Gasteiger partial charge in [-0.2, -0.15) is 0 Å². The van der Waals surface area contributed by atoms with Crippen LogP contribution in [0.3, 0.4) is 0 Å². The van der Waals surface area contributed by atoms with Crippen molar-refractivity contribution in [2.45, 2.75) is 376 Å². The molecular weight excluding hydrogens is 1120 g/mol. The molecule has 2 heterocycles. The molecule has 0 aromatic carbocycles. The van der Waals surface area contributed by atoms with Crippen LogP contribution in [0.5, 0.6) is 0 Å². The van der Waals surface area contributed by atoms with Crippen molar-refractivity contribution < 1.29 is 64.6 Å². The highest BCUT2D eigenvalue weighted by Gasteiger charge is 2.51. The topological polar surface area (TPSA) is 228 Å². The third kappa shape index (κ3) is 43.1. The first-order valence-electron chi connectivity index (χ1n) is 36.7. The van der Waals surface area contributed by atoms with Gasteiger partial charge in [0.1, 0.15) is 48.8 Å². The Kier molecular flexibility index (Phi) is 54.9. The maximum atomic E-state index is 13.3. The Labute approximate surface area is 542 Å². The molecule has 0 radical (unpaired) electrons. The number of hydrogen-bond acceptors (Lipinski definition) is 13. The lowest BCUT2D eigenvalue weighted by Crippen LogP contribution is -2.65. The second-order valence-corrected chi connectivity index (χ2v) is 25.7. The van der Waals surface area contributed by atoms with Gasteiger partial charge in [0.25, 0.3) is 0 Å². The molecule has 0 spiro atoms. The molecule has 0 saturated carbocycles. The quantitative estimate of drug-likeness (QED) is 0.0204. The number of carbonyl (C=O) groups excluding carboxylic acids is 1. The van der Waals surface area contributed by atoms with Gasteiger partial charge < -0.3 is 65.1 Å². The number of amides is 1. The molecule has 12 atom stereocenters. The third-order valence-electron chi connectivity index (χ3n) is 17.6. The first-order valence-corrected chi connectivity index (χ1v) is 36.7. The first-order chi connectivity index (χ1) is 43.6. The molecule has 9 N–H and O–H groups in total. The fourth-order valence-corrected chi connectivity index (χ4v) is 11.8. The van der Waals surface area contributed by atoms with Gasteiger partial charge in [0, 0.05) is 6.42 Å². The minimum absolute atomic E-state index is 0.245. The van der Waals surface area contributed by atoms with Gasteiger partial charge in [-0.25, -0.2) is 0 Å². The van der Waals surface area contributed by atoms with Crippen LogP contribution in [-0.2, 0) is 23.7 Å². The molecule has 2 rings (SSSR count). The lowest BCUT2D eigenvalue weighted by Gasteiger charge is -2.46. The first kappa shape index (κ1) is 82.5. The number of aliphatic hydroxyl groups is 8. The van der Waals surface area contributed by atoms with Crippen LogP contribution in [0.1, 0.15) is 303 Å². The monoisotopic (exact) mass is 1260 g/mol. The number of allylic oxidation sites excluding steroid dienone is 11. The van der Waals surface area contributed by atoms with Crippen molar-refractivity contribution in [1.29, 1.82) is 0 Å². The van der Waals surface area contributed by atoms with E-state index in [-0.39, 0.29) is 18.9 Å². The van der Waals surface area contributed by atoms with E-state index in [9.17, 15) is 45.6 Å². The van der Waals surface area contributed by atoms with E-state index in [1.165, 1.54) is 212 Å². The molecule has 1 amide bonds. The van der Waals surface area contributed by atoms with E-state index >= 15 is 0 Å². The van der Waals surface area contributed by atoms with E-state index in [1.807, 2.05) is 6.08 Å². The number of unbranched alkanes of at least 4 members (excludes halogenated alkanes) is 37. The average Bonchev–Trinajstić information content (AvgIpc) is 2.55. The average molecular weight is 1260 g/mol. The van der Waals surface area contributed by atoms with Crippen molar-refractivity contribution in [2.24, 2.45) is 0 Å². The van der Waals surface area contributed by atoms with Gasteiger partial charge in [-0.3, -0.25) is 4.79 Å². The zero-order valence-electron chi connectivity index (χ0n) is 56.4. The van der Waals surface area contributed by atoms with Gasteiger partial charge in [0.15, 0.2) is 12.6 Å². The van der Waals surface area contributed by atoms with Gasteiger partial charge in [-0.1, -0.05) is 299 Å². The smallest absolute Gasteiger partial charge is 0.220 e. The lowest BCUT2D eigenvalue weighted by atomic mass is 9.97. The van der Waals surface area contributed by atoms with E-state index in [1.54, 1.807) is 6.08 Å². The highest BCUT2D eigenvalue weighted by atomic mass is 16.7. The number of ether oxygens (including phenoxy) is 4. The molecule has 518 valence electrons. The Balaban J connectivity index is 1.57. The minimum atomic E-state index is -1.79. The van der Waals surface area contributed by atoms with Crippen molar-refractivity contribution >= 4 is 5.91 Å². The van der Waals surface area contributed by atoms with Gasteiger partial charge in [0.2, 0.25) is 5.91 Å². The highest BCUT2D eigenvalue weighted by Crippen LogP contribution is 2.30. The number of nitrogens with one attached hydrogen (secondary N) is 1. The number of carbonyl (C=O) groups is 1. The Morgan fingerprint density at radius 2 is 0.787 bits per heavy atom. The second-order valence-electron chi connectivity index (χ2n) is 25.7. The van der Waals surface area contributed by atoms with Crippen LogP contribution in [0.4, 0.5) is 0 Å². The SMILES string of the molecule is CC/C=C\C/C=C\C/C=C\C/C=C\CCCCCCCCCCCCCCCCCCCCCCCCCCCCC(=O)NC(COC1OC(CO)C(OC2OC(CO)C(O)C(O)C2O)C(O)C1O)C(O)/C=C/CC/C=C/CCCCCCCCCCCC. The largest absolute Gasteiger partial charge is 0.394 e. The Morgan fingerprint density at radius 3 is 1.24 bits per heavy atom. The summed E-state index contributed by atoms with van der Waals surface area (Å²) in [7, 11) is 0. The number of aliphatic hydroxyl groups excluding tert-OH is 8. The lowest BCUT2D eigenvalue weighted by molar-refractivity contribution is -0.359. The summed E-state index contributed by atoms with van der Waals surface area (Å²) in [5.41, 5.74) is 0. The zero-order valence-corrected chi connectivity index (χ0v) is 56.4. The van der Waals surface area contributed by atoms with Crippen LogP contribution in [0, 0.1) is 0 Å². The maximum Gasteiger partial charge on any atom is 0.220 e. The maximum absolute atomic E-state index is 13.3. The predicted octanol–water partition coefficient (Wildman–Crippen LogP) is 15.4. The second kappa shape index (κ2) is 59.2. The van der Waals surface area contributed by atoms with Crippen LogP contribution in [0.2, 0.25) is 0 Å². The van der Waals surface area contributed by atoms with Crippen molar-refractivity contribution in [3.63, 3.8) is 0 Å². The molecule has 14 heteroatoms.